The number of nitrogens with zero attached hydrogens (tertiary/aromatic N) is 2. The summed E-state index contributed by atoms with van der Waals surface area (Å²) in [5.74, 6) is 3.35. The molecule has 4 heterocycles. The smallest absolute Gasteiger partial charge is 0.253 e. The Kier molecular flexibility index (Phi) is 8.98. The lowest BCUT2D eigenvalue weighted by Crippen LogP contribution is -2.62. The molecular weight excluding hydrogens is 890 g/mol. The van der Waals surface area contributed by atoms with E-state index in [4.69, 9.17) is 9.47 Å². The molecule has 0 aliphatic carbocycles. The van der Waals surface area contributed by atoms with E-state index in [0.717, 1.165) is 68.0 Å². The van der Waals surface area contributed by atoms with Crippen molar-refractivity contribution in [1.29, 1.82) is 0 Å². The summed E-state index contributed by atoms with van der Waals surface area (Å²) in [5.41, 5.74) is 13.7. The molecule has 0 N–H and O–H groups in total. The maximum Gasteiger partial charge on any atom is 0.253 e. The van der Waals surface area contributed by atoms with Crippen molar-refractivity contribution in [2.24, 2.45) is 0 Å². The van der Waals surface area contributed by atoms with Crippen LogP contribution in [0.25, 0.3) is 21.5 Å². The Balaban J connectivity index is 0.956. The normalized spacial score (nSPS) is 13.2. The molecule has 4 aliphatic heterocycles. The molecule has 0 spiro atoms. The molecule has 0 bridgehead atoms. The molecule has 4 aliphatic rings. The van der Waals surface area contributed by atoms with Crippen molar-refractivity contribution < 1.29 is 9.47 Å². The summed E-state index contributed by atoms with van der Waals surface area (Å²) >= 11 is 3.70. The Bertz CT molecular complexity index is 3600. The fourth-order valence-corrected chi connectivity index (χ4v) is 13.7. The molecule has 70 heavy (non-hydrogen) atoms. The Morgan fingerprint density at radius 3 is 0.986 bits per heavy atom. The fourth-order valence-electron chi connectivity index (χ4n) is 11.3. The van der Waals surface area contributed by atoms with E-state index in [1.807, 2.05) is 23.5 Å². The monoisotopic (exact) mass is 928 g/mol. The summed E-state index contributed by atoms with van der Waals surface area (Å²) in [5, 5.41) is 4.94. The van der Waals surface area contributed by atoms with E-state index < -0.39 is 0 Å². The maximum absolute atomic E-state index is 7.32. The predicted molar refractivity (Wildman–Crippen MR) is 294 cm³/mol. The summed E-state index contributed by atoms with van der Waals surface area (Å²) < 4.78 is 14.6. The number of benzene rings is 11. The first kappa shape index (κ1) is 39.9. The Morgan fingerprint density at radius 2 is 0.614 bits per heavy atom. The number of anilines is 6. The molecular formula is C62H38B2N2O2S2. The molecule has 8 heteroatoms. The third-order valence-corrected chi connectivity index (χ3v) is 16.6. The SMILES string of the molecule is c1ccc(N(c2ccccc2)c2cc3c4c(c2)Sc2cc5ccccc5cc2B4c2cc4c(cc2O3)Oc2cc(N(c3ccccc3)c3ccccc3)cc3c2B4c2cc4ccccc4cc2S3)cc1. The van der Waals surface area contributed by atoms with Crippen molar-refractivity contribution in [2.75, 3.05) is 9.80 Å². The van der Waals surface area contributed by atoms with Crippen LogP contribution in [0.5, 0.6) is 23.0 Å². The standard InChI is InChI=1S/C62H38B2N2O2S2/c1-5-21-43(22-6-1)65(44-23-7-2-8-24-44)47-33-55-61-59(35-47)69-57-31-41-19-15-13-17-39(41)29-51(57)63(61)49-37-50-54(38-53(49)67-55)68-56-34-48(66(45-25-9-3-10-26-45)46-27-11-4-12-28-46)36-60-62(56)64(50)52-30-40-18-14-16-20-42(40)32-58(52)70-60/h1-38H. The van der Waals surface area contributed by atoms with Crippen molar-refractivity contribution in [3.63, 3.8) is 0 Å². The van der Waals surface area contributed by atoms with Crippen LogP contribution in [-0.4, -0.2) is 13.4 Å². The van der Waals surface area contributed by atoms with Crippen LogP contribution < -0.4 is 52.1 Å². The summed E-state index contributed by atoms with van der Waals surface area (Å²) in [7, 11) is 0. The Hall–Kier alpha value is -8.03. The number of ether oxygens (including phenoxy) is 2. The topological polar surface area (TPSA) is 24.9 Å². The van der Waals surface area contributed by atoms with E-state index >= 15 is 0 Å². The number of hydrogen-bond acceptors (Lipinski definition) is 6. The van der Waals surface area contributed by atoms with E-state index in [2.05, 4.69) is 240 Å². The Morgan fingerprint density at radius 1 is 0.271 bits per heavy atom. The minimum Gasteiger partial charge on any atom is -0.458 e. The summed E-state index contributed by atoms with van der Waals surface area (Å²) in [6, 6.07) is 83.5. The second-order valence-electron chi connectivity index (χ2n) is 18.4. The van der Waals surface area contributed by atoms with Gasteiger partial charge in [0.1, 0.15) is 23.0 Å². The third kappa shape index (κ3) is 6.30. The van der Waals surface area contributed by atoms with Crippen LogP contribution in [0.4, 0.5) is 34.1 Å². The summed E-state index contributed by atoms with van der Waals surface area (Å²) in [6.45, 7) is -0.142. The molecule has 11 aromatic carbocycles. The van der Waals surface area contributed by atoms with E-state index in [1.165, 1.54) is 63.0 Å². The van der Waals surface area contributed by atoms with Gasteiger partial charge >= 0.3 is 0 Å². The second kappa shape index (κ2) is 15.8. The maximum atomic E-state index is 7.32. The average Bonchev–Trinajstić information content (AvgIpc) is 3.40. The largest absolute Gasteiger partial charge is 0.458 e. The predicted octanol–water partition coefficient (Wildman–Crippen LogP) is 13.1. The second-order valence-corrected chi connectivity index (χ2v) is 20.6. The first-order valence-corrected chi connectivity index (χ1v) is 25.4. The highest BCUT2D eigenvalue weighted by atomic mass is 32.2. The lowest BCUT2D eigenvalue weighted by molar-refractivity contribution is 0.464. The quantitative estimate of drug-likeness (QED) is 0.154. The van der Waals surface area contributed by atoms with Crippen molar-refractivity contribution in [3.8, 4) is 23.0 Å². The van der Waals surface area contributed by atoms with Crippen molar-refractivity contribution >= 4 is 125 Å². The molecule has 326 valence electrons. The molecule has 0 atom stereocenters. The summed E-state index contributed by atoms with van der Waals surface area (Å²) in [4.78, 5) is 9.59. The van der Waals surface area contributed by atoms with Gasteiger partial charge < -0.3 is 19.3 Å². The van der Waals surface area contributed by atoms with Crippen LogP contribution in [0, 0.1) is 0 Å². The molecule has 0 aromatic heterocycles. The van der Waals surface area contributed by atoms with Gasteiger partial charge in [-0.05, 0) is 116 Å². The van der Waals surface area contributed by atoms with Crippen LogP contribution >= 0.6 is 23.5 Å². The lowest BCUT2D eigenvalue weighted by Gasteiger charge is -2.38. The molecule has 0 unspecified atom stereocenters. The van der Waals surface area contributed by atoms with E-state index in [1.54, 1.807) is 0 Å². The van der Waals surface area contributed by atoms with Gasteiger partial charge in [-0.3, -0.25) is 0 Å². The zero-order valence-electron chi connectivity index (χ0n) is 37.6. The molecule has 0 saturated carbocycles. The highest BCUT2D eigenvalue weighted by Crippen LogP contribution is 2.47. The third-order valence-electron chi connectivity index (χ3n) is 14.4. The number of hydrogen-bond donors (Lipinski definition) is 0. The zero-order valence-corrected chi connectivity index (χ0v) is 39.3. The summed E-state index contributed by atoms with van der Waals surface area (Å²) in [6.07, 6.45) is 0. The van der Waals surface area contributed by atoms with Crippen LogP contribution in [0.15, 0.2) is 250 Å². The van der Waals surface area contributed by atoms with Crippen molar-refractivity contribution in [1.82, 2.24) is 0 Å². The molecule has 0 fully saturated rings. The fraction of sp³-hybridized carbons (Fsp3) is 0. The van der Waals surface area contributed by atoms with Crippen LogP contribution in [0.3, 0.4) is 0 Å². The number of fused-ring (bicyclic) bond motifs is 10. The zero-order chi connectivity index (χ0) is 45.9. The molecule has 0 amide bonds. The van der Waals surface area contributed by atoms with Crippen molar-refractivity contribution in [3.05, 3.63) is 231 Å². The van der Waals surface area contributed by atoms with Crippen LogP contribution in [-0.2, 0) is 0 Å². The van der Waals surface area contributed by atoms with Crippen molar-refractivity contribution in [2.45, 2.75) is 19.6 Å². The first-order valence-electron chi connectivity index (χ1n) is 23.8. The average molecular weight is 929 g/mol. The van der Waals surface area contributed by atoms with E-state index in [0.29, 0.717) is 0 Å². The van der Waals surface area contributed by atoms with Gasteiger partial charge in [0.25, 0.3) is 13.4 Å². The minimum absolute atomic E-state index is 0.0709. The highest BCUT2D eigenvalue weighted by Gasteiger charge is 2.45. The first-order chi connectivity index (χ1) is 34.7. The van der Waals surface area contributed by atoms with Gasteiger partial charge in [0.05, 0.1) is 11.4 Å². The van der Waals surface area contributed by atoms with Crippen LogP contribution in [0.2, 0.25) is 0 Å². The Labute approximate surface area is 415 Å². The van der Waals surface area contributed by atoms with Gasteiger partial charge in [-0.25, -0.2) is 0 Å². The van der Waals surface area contributed by atoms with Gasteiger partial charge in [-0.15, -0.1) is 0 Å². The molecule has 11 aromatic rings. The van der Waals surface area contributed by atoms with E-state index in [9.17, 15) is 0 Å². The van der Waals surface area contributed by atoms with Gasteiger partial charge in [0, 0.05) is 60.5 Å². The van der Waals surface area contributed by atoms with E-state index in [-0.39, 0.29) is 13.4 Å². The van der Waals surface area contributed by atoms with Crippen LogP contribution in [0.1, 0.15) is 0 Å². The number of para-hydroxylation sites is 4. The van der Waals surface area contributed by atoms with Gasteiger partial charge in [0.15, 0.2) is 0 Å². The van der Waals surface area contributed by atoms with Gasteiger partial charge in [-0.2, -0.15) is 0 Å². The number of rotatable bonds is 6. The molecule has 15 rings (SSSR count). The van der Waals surface area contributed by atoms with Gasteiger partial charge in [0.2, 0.25) is 0 Å². The molecule has 0 radical (unpaired) electrons. The molecule has 4 nitrogen and oxygen atoms in total. The lowest BCUT2D eigenvalue weighted by atomic mass is 9.32. The minimum atomic E-state index is -0.0709. The molecule has 0 saturated heterocycles. The highest BCUT2D eigenvalue weighted by molar-refractivity contribution is 8.00. The van der Waals surface area contributed by atoms with Gasteiger partial charge in [-0.1, -0.05) is 174 Å².